The summed E-state index contributed by atoms with van der Waals surface area (Å²) in [5.41, 5.74) is 3.68. The molecule has 3 nitrogen and oxygen atoms in total. The van der Waals surface area contributed by atoms with Gasteiger partial charge < -0.3 is 4.90 Å². The van der Waals surface area contributed by atoms with Crippen LogP contribution in [0, 0.1) is 6.92 Å². The maximum Gasteiger partial charge on any atom is 0.227 e. The normalized spacial score (nSPS) is 17.6. The van der Waals surface area contributed by atoms with Crippen LogP contribution in [0.5, 0.6) is 0 Å². The minimum absolute atomic E-state index is 0.248. The smallest absolute Gasteiger partial charge is 0.227 e. The molecule has 1 heterocycles. The quantitative estimate of drug-likeness (QED) is 0.804. The van der Waals surface area contributed by atoms with Crippen molar-refractivity contribution >= 4 is 5.91 Å². The Morgan fingerprint density at radius 1 is 1.08 bits per heavy atom. The first-order valence-corrected chi connectivity index (χ1v) is 9.27. The Balaban J connectivity index is 1.57. The van der Waals surface area contributed by atoms with E-state index in [-0.39, 0.29) is 5.91 Å². The number of amides is 1. The number of hydrogen-bond donors (Lipinski definition) is 0. The lowest BCUT2D eigenvalue weighted by atomic mass is 10.1. The van der Waals surface area contributed by atoms with Gasteiger partial charge in [-0.15, -0.1) is 0 Å². The number of carbonyl (C=O) groups is 1. The van der Waals surface area contributed by atoms with Crippen LogP contribution in [0.1, 0.15) is 30.0 Å². The van der Waals surface area contributed by atoms with Crippen LogP contribution in [0.2, 0.25) is 0 Å². The topological polar surface area (TPSA) is 23.6 Å². The van der Waals surface area contributed by atoms with E-state index in [9.17, 15) is 4.79 Å². The van der Waals surface area contributed by atoms with Crippen LogP contribution in [0.3, 0.4) is 0 Å². The van der Waals surface area contributed by atoms with Crippen molar-refractivity contribution in [3.05, 3.63) is 71.3 Å². The molecule has 0 spiro atoms. The van der Waals surface area contributed by atoms with Crippen LogP contribution in [-0.2, 0) is 17.8 Å². The lowest BCUT2D eigenvalue weighted by molar-refractivity contribution is -0.132. The predicted octanol–water partition coefficient (Wildman–Crippen LogP) is 3.66. The molecule has 25 heavy (non-hydrogen) atoms. The van der Waals surface area contributed by atoms with Crippen molar-refractivity contribution in [2.24, 2.45) is 0 Å². The SMILES string of the molecule is CCN(C(=O)Cc1ccc(C)cc1)[C@@H]1CCN(Cc2ccccc2)C1. The molecule has 1 aliphatic rings. The molecule has 3 heteroatoms. The Bertz CT molecular complexity index is 681. The van der Waals surface area contributed by atoms with Crippen LogP contribution in [0.15, 0.2) is 54.6 Å². The standard InChI is InChI=1S/C22H28N2O/c1-3-24(22(25)15-19-11-9-18(2)10-12-19)21-13-14-23(17-21)16-20-7-5-4-6-8-20/h4-12,21H,3,13-17H2,1-2H3/t21-/m1/s1. The van der Waals surface area contributed by atoms with Crippen molar-refractivity contribution in [2.75, 3.05) is 19.6 Å². The predicted molar refractivity (Wildman–Crippen MR) is 102 cm³/mol. The van der Waals surface area contributed by atoms with E-state index in [1.54, 1.807) is 0 Å². The number of benzene rings is 2. The number of rotatable bonds is 6. The Morgan fingerprint density at radius 3 is 2.48 bits per heavy atom. The number of likely N-dealkylation sites (N-methyl/N-ethyl adjacent to an activating group) is 1. The molecule has 1 saturated heterocycles. The van der Waals surface area contributed by atoms with Gasteiger partial charge in [0.1, 0.15) is 0 Å². The maximum absolute atomic E-state index is 12.8. The van der Waals surface area contributed by atoms with E-state index in [2.05, 4.69) is 78.2 Å². The molecule has 0 radical (unpaired) electrons. The summed E-state index contributed by atoms with van der Waals surface area (Å²) in [6.45, 7) is 7.96. The van der Waals surface area contributed by atoms with E-state index in [0.717, 1.165) is 38.2 Å². The van der Waals surface area contributed by atoms with Crippen molar-refractivity contribution in [1.29, 1.82) is 0 Å². The van der Waals surface area contributed by atoms with E-state index in [1.165, 1.54) is 11.1 Å². The van der Waals surface area contributed by atoms with Crippen LogP contribution in [-0.4, -0.2) is 41.4 Å². The summed E-state index contributed by atoms with van der Waals surface area (Å²) in [4.78, 5) is 17.3. The molecule has 0 aromatic heterocycles. The van der Waals surface area contributed by atoms with E-state index in [4.69, 9.17) is 0 Å². The summed E-state index contributed by atoms with van der Waals surface area (Å²) in [5, 5.41) is 0. The minimum Gasteiger partial charge on any atom is -0.338 e. The fourth-order valence-corrected chi connectivity index (χ4v) is 3.67. The first-order valence-electron chi connectivity index (χ1n) is 9.27. The Kier molecular flexibility index (Phi) is 5.87. The Morgan fingerprint density at radius 2 is 1.80 bits per heavy atom. The molecule has 1 amide bonds. The molecule has 3 rings (SSSR count). The molecular weight excluding hydrogens is 308 g/mol. The summed E-state index contributed by atoms with van der Waals surface area (Å²) in [5.74, 6) is 0.248. The van der Waals surface area contributed by atoms with Crippen molar-refractivity contribution in [1.82, 2.24) is 9.80 Å². The van der Waals surface area contributed by atoms with Gasteiger partial charge >= 0.3 is 0 Å². The molecule has 2 aromatic rings. The summed E-state index contributed by atoms with van der Waals surface area (Å²) >= 11 is 0. The first kappa shape index (κ1) is 17.7. The van der Waals surface area contributed by atoms with E-state index in [0.29, 0.717) is 12.5 Å². The Hall–Kier alpha value is -2.13. The van der Waals surface area contributed by atoms with Gasteiger partial charge in [-0.3, -0.25) is 9.69 Å². The minimum atomic E-state index is 0.248. The van der Waals surface area contributed by atoms with Gasteiger partial charge in [-0.05, 0) is 31.4 Å². The highest BCUT2D eigenvalue weighted by Gasteiger charge is 2.29. The fraction of sp³-hybridized carbons (Fsp3) is 0.409. The lowest BCUT2D eigenvalue weighted by Crippen LogP contribution is -2.42. The molecule has 0 unspecified atom stereocenters. The van der Waals surface area contributed by atoms with Gasteiger partial charge in [-0.1, -0.05) is 60.2 Å². The second-order valence-electron chi connectivity index (χ2n) is 7.01. The third kappa shape index (κ3) is 4.70. The number of likely N-dealkylation sites (tertiary alicyclic amines) is 1. The fourth-order valence-electron chi connectivity index (χ4n) is 3.67. The van der Waals surface area contributed by atoms with Crippen molar-refractivity contribution in [2.45, 2.75) is 39.3 Å². The summed E-state index contributed by atoms with van der Waals surface area (Å²) in [6.07, 6.45) is 1.57. The number of aryl methyl sites for hydroxylation is 1. The van der Waals surface area contributed by atoms with E-state index >= 15 is 0 Å². The zero-order valence-electron chi connectivity index (χ0n) is 15.3. The van der Waals surface area contributed by atoms with Crippen LogP contribution in [0.4, 0.5) is 0 Å². The summed E-state index contributed by atoms with van der Waals surface area (Å²) in [6, 6.07) is 19.2. The van der Waals surface area contributed by atoms with Gasteiger partial charge in [0.25, 0.3) is 0 Å². The molecule has 1 fully saturated rings. The van der Waals surface area contributed by atoms with Gasteiger partial charge in [0, 0.05) is 32.2 Å². The molecule has 132 valence electrons. The van der Waals surface area contributed by atoms with Gasteiger partial charge in [-0.2, -0.15) is 0 Å². The largest absolute Gasteiger partial charge is 0.338 e. The molecule has 1 aliphatic heterocycles. The number of nitrogens with zero attached hydrogens (tertiary/aromatic N) is 2. The molecule has 2 aromatic carbocycles. The average Bonchev–Trinajstić information content (AvgIpc) is 3.06. The lowest BCUT2D eigenvalue weighted by Gasteiger charge is -2.28. The number of hydrogen-bond acceptors (Lipinski definition) is 2. The van der Waals surface area contributed by atoms with E-state index < -0.39 is 0 Å². The van der Waals surface area contributed by atoms with Crippen LogP contribution >= 0.6 is 0 Å². The van der Waals surface area contributed by atoms with Crippen molar-refractivity contribution < 1.29 is 4.79 Å². The third-order valence-corrected chi connectivity index (χ3v) is 5.07. The zero-order valence-corrected chi connectivity index (χ0v) is 15.3. The van der Waals surface area contributed by atoms with Gasteiger partial charge in [-0.25, -0.2) is 0 Å². The second kappa shape index (κ2) is 8.30. The van der Waals surface area contributed by atoms with Gasteiger partial charge in [0.05, 0.1) is 6.42 Å². The van der Waals surface area contributed by atoms with Crippen LogP contribution < -0.4 is 0 Å². The van der Waals surface area contributed by atoms with Gasteiger partial charge in [0.2, 0.25) is 5.91 Å². The van der Waals surface area contributed by atoms with Crippen LogP contribution in [0.25, 0.3) is 0 Å². The van der Waals surface area contributed by atoms with Crippen molar-refractivity contribution in [3.63, 3.8) is 0 Å². The molecule has 0 bridgehead atoms. The summed E-state index contributed by atoms with van der Waals surface area (Å²) < 4.78 is 0. The molecule has 0 N–H and O–H groups in total. The first-order chi connectivity index (χ1) is 12.2. The van der Waals surface area contributed by atoms with E-state index in [1.807, 2.05) is 0 Å². The second-order valence-corrected chi connectivity index (χ2v) is 7.01. The zero-order chi connectivity index (χ0) is 17.6. The molecular formula is C22H28N2O. The highest BCUT2D eigenvalue weighted by molar-refractivity contribution is 5.79. The number of carbonyl (C=O) groups excluding carboxylic acids is 1. The maximum atomic E-state index is 12.8. The third-order valence-electron chi connectivity index (χ3n) is 5.07. The molecule has 0 saturated carbocycles. The highest BCUT2D eigenvalue weighted by atomic mass is 16.2. The monoisotopic (exact) mass is 336 g/mol. The molecule has 0 aliphatic carbocycles. The average molecular weight is 336 g/mol. The Labute approximate surface area is 151 Å². The van der Waals surface area contributed by atoms with Gasteiger partial charge in [0.15, 0.2) is 0 Å². The molecule has 1 atom stereocenters. The van der Waals surface area contributed by atoms with Crippen molar-refractivity contribution in [3.8, 4) is 0 Å². The summed E-state index contributed by atoms with van der Waals surface area (Å²) in [7, 11) is 0. The highest BCUT2D eigenvalue weighted by Crippen LogP contribution is 2.19.